The monoisotopic (exact) mass is 253 g/mol. The summed E-state index contributed by atoms with van der Waals surface area (Å²) in [6.45, 7) is 0.813. The van der Waals surface area contributed by atoms with Gasteiger partial charge in [-0.1, -0.05) is 30.3 Å². The summed E-state index contributed by atoms with van der Waals surface area (Å²) in [6, 6.07) is 14.3. The maximum Gasteiger partial charge on any atom is 0.240 e. The van der Waals surface area contributed by atoms with Crippen molar-refractivity contribution in [2.45, 2.75) is 6.54 Å². The van der Waals surface area contributed by atoms with Crippen LogP contribution in [0.3, 0.4) is 0 Å². The molecule has 1 aromatic carbocycles. The van der Waals surface area contributed by atoms with Crippen LogP contribution in [0.15, 0.2) is 48.7 Å². The number of benzene rings is 1. The van der Waals surface area contributed by atoms with Crippen LogP contribution in [0.25, 0.3) is 5.65 Å². The van der Waals surface area contributed by atoms with E-state index in [9.17, 15) is 0 Å². The second kappa shape index (κ2) is 4.61. The molecule has 0 aliphatic heterocycles. The largest absolute Gasteiger partial charge is 0.367 e. The summed E-state index contributed by atoms with van der Waals surface area (Å²) in [5.74, 6) is 0.292. The van der Waals surface area contributed by atoms with E-state index in [2.05, 4.69) is 27.1 Å². The first kappa shape index (κ1) is 11.5. The van der Waals surface area contributed by atoms with Gasteiger partial charge in [-0.05, 0) is 17.7 Å². The van der Waals surface area contributed by atoms with E-state index >= 15 is 0 Å². The van der Waals surface area contributed by atoms with Gasteiger partial charge in [0.15, 0.2) is 5.65 Å². The molecule has 2 heterocycles. The molecule has 0 bridgehead atoms. The Morgan fingerprint density at radius 3 is 2.74 bits per heavy atom. The molecule has 5 heteroatoms. The minimum Gasteiger partial charge on any atom is -0.367 e. The van der Waals surface area contributed by atoms with Gasteiger partial charge in [-0.15, -0.1) is 5.10 Å². The highest BCUT2D eigenvalue weighted by molar-refractivity contribution is 5.69. The first-order valence-electron chi connectivity index (χ1n) is 6.10. The highest BCUT2D eigenvalue weighted by atomic mass is 15.3. The summed E-state index contributed by atoms with van der Waals surface area (Å²) in [7, 11) is 2.03. The maximum absolute atomic E-state index is 5.65. The summed E-state index contributed by atoms with van der Waals surface area (Å²) < 4.78 is 1.70. The molecule has 3 aromatic rings. The van der Waals surface area contributed by atoms with Gasteiger partial charge >= 0.3 is 0 Å². The van der Waals surface area contributed by atoms with Crippen molar-refractivity contribution in [1.29, 1.82) is 0 Å². The molecule has 3 rings (SSSR count). The molecular formula is C14H15N5. The third-order valence-corrected chi connectivity index (χ3v) is 3.03. The first-order chi connectivity index (χ1) is 9.24. The fourth-order valence-electron chi connectivity index (χ4n) is 2.15. The van der Waals surface area contributed by atoms with Crippen LogP contribution in [0, 0.1) is 0 Å². The van der Waals surface area contributed by atoms with E-state index in [-0.39, 0.29) is 0 Å². The molecule has 0 aliphatic carbocycles. The third kappa shape index (κ3) is 2.22. The van der Waals surface area contributed by atoms with Crippen molar-refractivity contribution in [3.63, 3.8) is 0 Å². The van der Waals surface area contributed by atoms with Crippen molar-refractivity contribution in [3.8, 4) is 0 Å². The highest BCUT2D eigenvalue weighted by Gasteiger charge is 2.10. The van der Waals surface area contributed by atoms with Crippen molar-refractivity contribution in [2.24, 2.45) is 0 Å². The Labute approximate surface area is 111 Å². The van der Waals surface area contributed by atoms with E-state index in [4.69, 9.17) is 5.73 Å². The van der Waals surface area contributed by atoms with Crippen LogP contribution >= 0.6 is 0 Å². The van der Waals surface area contributed by atoms with Gasteiger partial charge in [-0.3, -0.25) is 0 Å². The van der Waals surface area contributed by atoms with Crippen LogP contribution in [0.1, 0.15) is 5.56 Å². The molecule has 0 unspecified atom stereocenters. The van der Waals surface area contributed by atoms with Crippen molar-refractivity contribution >= 4 is 17.3 Å². The molecule has 0 atom stereocenters. The molecule has 0 spiro atoms. The highest BCUT2D eigenvalue weighted by Crippen LogP contribution is 2.20. The number of pyridine rings is 1. The zero-order valence-corrected chi connectivity index (χ0v) is 10.7. The van der Waals surface area contributed by atoms with Crippen LogP contribution < -0.4 is 10.6 Å². The molecule has 2 N–H and O–H groups in total. The minimum absolute atomic E-state index is 0.292. The van der Waals surface area contributed by atoms with Gasteiger partial charge in [-0.25, -0.2) is 4.52 Å². The van der Waals surface area contributed by atoms with Crippen molar-refractivity contribution < 1.29 is 0 Å². The number of fused-ring (bicyclic) bond motifs is 1. The molecule has 2 aromatic heterocycles. The smallest absolute Gasteiger partial charge is 0.240 e. The van der Waals surface area contributed by atoms with E-state index in [0.29, 0.717) is 5.95 Å². The van der Waals surface area contributed by atoms with Gasteiger partial charge in [0.1, 0.15) is 0 Å². The Morgan fingerprint density at radius 1 is 1.16 bits per heavy atom. The topological polar surface area (TPSA) is 59.5 Å². The fourth-order valence-corrected chi connectivity index (χ4v) is 2.15. The van der Waals surface area contributed by atoms with E-state index in [1.54, 1.807) is 4.52 Å². The second-order valence-electron chi connectivity index (χ2n) is 4.47. The Morgan fingerprint density at radius 2 is 1.95 bits per heavy atom. The maximum atomic E-state index is 5.65. The molecular weight excluding hydrogens is 238 g/mol. The molecule has 19 heavy (non-hydrogen) atoms. The molecule has 5 nitrogen and oxygen atoms in total. The van der Waals surface area contributed by atoms with Crippen LogP contribution in [0.5, 0.6) is 0 Å². The molecule has 0 aliphatic rings. The molecule has 0 saturated heterocycles. The van der Waals surface area contributed by atoms with Crippen LogP contribution in [-0.2, 0) is 6.54 Å². The normalized spacial score (nSPS) is 10.8. The zero-order chi connectivity index (χ0) is 13.2. The lowest BCUT2D eigenvalue weighted by Crippen LogP contribution is -2.17. The lowest BCUT2D eigenvalue weighted by molar-refractivity contribution is 0.906. The van der Waals surface area contributed by atoms with Crippen molar-refractivity contribution in [3.05, 3.63) is 54.2 Å². The first-order valence-corrected chi connectivity index (χ1v) is 6.10. The number of nitrogens with two attached hydrogens (primary N) is 1. The van der Waals surface area contributed by atoms with Gasteiger partial charge in [0, 0.05) is 19.8 Å². The molecule has 0 amide bonds. The molecule has 96 valence electrons. The lowest BCUT2D eigenvalue weighted by Gasteiger charge is -2.19. The number of nitrogen functional groups attached to an aromatic ring is 1. The fraction of sp³-hybridized carbons (Fsp3) is 0.143. The average molecular weight is 253 g/mol. The molecule has 0 fully saturated rings. The Kier molecular flexibility index (Phi) is 2.79. The average Bonchev–Trinajstić information content (AvgIpc) is 2.79. The predicted octanol–water partition coefficient (Wildman–Crippen LogP) is 1.95. The number of nitrogens with zero attached hydrogens (tertiary/aromatic N) is 4. The van der Waals surface area contributed by atoms with Gasteiger partial charge in [-0.2, -0.15) is 4.98 Å². The van der Waals surface area contributed by atoms with E-state index in [1.807, 2.05) is 43.6 Å². The van der Waals surface area contributed by atoms with Gasteiger partial charge < -0.3 is 10.6 Å². The third-order valence-electron chi connectivity index (χ3n) is 3.03. The second-order valence-corrected chi connectivity index (χ2v) is 4.47. The Hall–Kier alpha value is -2.56. The van der Waals surface area contributed by atoms with E-state index in [0.717, 1.165) is 17.9 Å². The number of hydrogen-bond donors (Lipinski definition) is 1. The Balaban J connectivity index is 1.95. The summed E-state index contributed by atoms with van der Waals surface area (Å²) in [5, 5.41) is 4.12. The van der Waals surface area contributed by atoms with Crippen LogP contribution in [0.4, 0.5) is 11.6 Å². The van der Waals surface area contributed by atoms with Gasteiger partial charge in [0.2, 0.25) is 5.95 Å². The minimum atomic E-state index is 0.292. The standard InChI is InChI=1S/C14H15N5/c1-18(10-11-6-3-2-4-7-11)12-8-5-9-19-13(12)16-14(15)17-19/h2-9H,10H2,1H3,(H2,15,17). The van der Waals surface area contributed by atoms with Crippen molar-refractivity contribution in [2.75, 3.05) is 17.7 Å². The Bertz CT molecular complexity index is 689. The van der Waals surface area contributed by atoms with E-state index in [1.165, 1.54) is 5.56 Å². The number of aromatic nitrogens is 3. The summed E-state index contributed by atoms with van der Waals surface area (Å²) in [5.41, 5.74) is 8.69. The number of rotatable bonds is 3. The quantitative estimate of drug-likeness (QED) is 0.775. The zero-order valence-electron chi connectivity index (χ0n) is 10.7. The lowest BCUT2D eigenvalue weighted by atomic mass is 10.2. The predicted molar refractivity (Wildman–Crippen MR) is 75.9 cm³/mol. The van der Waals surface area contributed by atoms with Gasteiger partial charge in [0.25, 0.3) is 0 Å². The SMILES string of the molecule is CN(Cc1ccccc1)c1cccn2nc(N)nc12. The van der Waals surface area contributed by atoms with E-state index < -0.39 is 0 Å². The number of hydrogen-bond acceptors (Lipinski definition) is 4. The molecule has 0 radical (unpaired) electrons. The number of anilines is 2. The van der Waals surface area contributed by atoms with Gasteiger partial charge in [0.05, 0.1) is 5.69 Å². The summed E-state index contributed by atoms with van der Waals surface area (Å²) in [4.78, 5) is 6.40. The summed E-state index contributed by atoms with van der Waals surface area (Å²) >= 11 is 0. The van der Waals surface area contributed by atoms with Crippen LogP contribution in [0.2, 0.25) is 0 Å². The summed E-state index contributed by atoms with van der Waals surface area (Å²) in [6.07, 6.45) is 1.85. The van der Waals surface area contributed by atoms with Crippen molar-refractivity contribution in [1.82, 2.24) is 14.6 Å². The molecule has 0 saturated carbocycles. The van der Waals surface area contributed by atoms with Crippen LogP contribution in [-0.4, -0.2) is 21.6 Å².